The first-order valence-electron chi connectivity index (χ1n) is 9.54. The van der Waals surface area contributed by atoms with E-state index in [-0.39, 0.29) is 12.1 Å². The van der Waals surface area contributed by atoms with Crippen molar-refractivity contribution < 1.29 is 24.1 Å². The molecule has 0 spiro atoms. The summed E-state index contributed by atoms with van der Waals surface area (Å²) in [5.41, 5.74) is -0.574. The Labute approximate surface area is 160 Å². The van der Waals surface area contributed by atoms with E-state index < -0.39 is 23.9 Å². The number of aliphatic hydroxyl groups excluding tert-OH is 1. The van der Waals surface area contributed by atoms with Gasteiger partial charge in [-0.1, -0.05) is 18.2 Å². The Morgan fingerprint density at radius 2 is 1.89 bits per heavy atom. The summed E-state index contributed by atoms with van der Waals surface area (Å²) in [7, 11) is 0. The van der Waals surface area contributed by atoms with Crippen molar-refractivity contribution in [2.45, 2.75) is 57.1 Å². The van der Waals surface area contributed by atoms with Crippen LogP contribution in [0.2, 0.25) is 0 Å². The van der Waals surface area contributed by atoms with E-state index in [9.17, 15) is 9.90 Å². The molecule has 1 saturated heterocycles. The summed E-state index contributed by atoms with van der Waals surface area (Å²) in [6.07, 6.45) is -1.08. The fourth-order valence-electron chi connectivity index (χ4n) is 3.73. The van der Waals surface area contributed by atoms with Gasteiger partial charge in [0.25, 0.3) is 0 Å². The van der Waals surface area contributed by atoms with Gasteiger partial charge in [-0.25, -0.2) is 4.79 Å². The van der Waals surface area contributed by atoms with Gasteiger partial charge >= 0.3 is 6.09 Å². The first kappa shape index (κ1) is 19.9. The molecule has 0 bridgehead atoms. The van der Waals surface area contributed by atoms with Gasteiger partial charge in [0.05, 0.1) is 25.3 Å². The molecule has 7 nitrogen and oxygen atoms in total. The maximum absolute atomic E-state index is 12.3. The molecule has 1 amide bonds. The number of nitrogens with one attached hydrogen (secondary N) is 1. The number of amides is 1. The second kappa shape index (κ2) is 8.46. The van der Waals surface area contributed by atoms with Crippen LogP contribution in [0.1, 0.15) is 27.2 Å². The first-order chi connectivity index (χ1) is 12.8. The molecule has 150 valence electrons. The van der Waals surface area contributed by atoms with Crippen molar-refractivity contribution in [1.82, 2.24) is 10.2 Å². The van der Waals surface area contributed by atoms with Crippen molar-refractivity contribution in [3.63, 3.8) is 0 Å². The molecule has 0 unspecified atom stereocenters. The zero-order valence-electron chi connectivity index (χ0n) is 16.3. The SMILES string of the molecule is CC(C)(C)OC(=O)N[C@@H]1C[C@@H](Oc2ccccc2)[C@H](O)[C@H]1N1CCOCC1. The Hall–Kier alpha value is -1.83. The zero-order chi connectivity index (χ0) is 19.4. The maximum Gasteiger partial charge on any atom is 0.407 e. The predicted molar refractivity (Wildman–Crippen MR) is 101 cm³/mol. The zero-order valence-corrected chi connectivity index (χ0v) is 16.3. The summed E-state index contributed by atoms with van der Waals surface area (Å²) in [5.74, 6) is 0.709. The van der Waals surface area contributed by atoms with E-state index in [4.69, 9.17) is 14.2 Å². The summed E-state index contributed by atoms with van der Waals surface area (Å²) in [5, 5.41) is 13.9. The molecule has 27 heavy (non-hydrogen) atoms. The average Bonchev–Trinajstić information content (AvgIpc) is 2.90. The first-order valence-corrected chi connectivity index (χ1v) is 9.54. The molecule has 1 aromatic carbocycles. The number of hydrogen-bond acceptors (Lipinski definition) is 6. The van der Waals surface area contributed by atoms with Crippen LogP contribution in [0.4, 0.5) is 4.79 Å². The topological polar surface area (TPSA) is 80.3 Å². The molecule has 1 heterocycles. The number of ether oxygens (including phenoxy) is 3. The van der Waals surface area contributed by atoms with Gasteiger partial charge in [0.15, 0.2) is 0 Å². The molecule has 2 aliphatic rings. The molecule has 0 aromatic heterocycles. The highest BCUT2D eigenvalue weighted by Crippen LogP contribution is 2.30. The van der Waals surface area contributed by atoms with Crippen molar-refractivity contribution in [2.24, 2.45) is 0 Å². The molecule has 1 aromatic rings. The highest BCUT2D eigenvalue weighted by atomic mass is 16.6. The maximum atomic E-state index is 12.3. The number of para-hydroxylation sites is 1. The molecule has 1 saturated carbocycles. The molecule has 7 heteroatoms. The number of rotatable bonds is 4. The Bertz CT molecular complexity index is 613. The Morgan fingerprint density at radius 1 is 1.22 bits per heavy atom. The van der Waals surface area contributed by atoms with Crippen LogP contribution in [0.15, 0.2) is 30.3 Å². The van der Waals surface area contributed by atoms with Gasteiger partial charge < -0.3 is 24.6 Å². The highest BCUT2D eigenvalue weighted by molar-refractivity contribution is 5.68. The van der Waals surface area contributed by atoms with Gasteiger partial charge in [-0.3, -0.25) is 4.90 Å². The van der Waals surface area contributed by atoms with Gasteiger partial charge in [0.1, 0.15) is 23.6 Å². The third-order valence-electron chi connectivity index (χ3n) is 4.83. The number of carbonyl (C=O) groups is 1. The molecule has 2 fully saturated rings. The normalized spacial score (nSPS) is 29.3. The second-order valence-corrected chi connectivity index (χ2v) is 8.09. The van der Waals surface area contributed by atoms with Crippen LogP contribution in [0.25, 0.3) is 0 Å². The molecule has 0 radical (unpaired) electrons. The van der Waals surface area contributed by atoms with Crippen molar-refractivity contribution >= 4 is 6.09 Å². The van der Waals surface area contributed by atoms with Crippen LogP contribution >= 0.6 is 0 Å². The number of morpholine rings is 1. The smallest absolute Gasteiger partial charge is 0.407 e. The third-order valence-corrected chi connectivity index (χ3v) is 4.83. The van der Waals surface area contributed by atoms with Crippen LogP contribution in [0.3, 0.4) is 0 Å². The highest BCUT2D eigenvalue weighted by Gasteiger charge is 2.48. The number of carbonyl (C=O) groups excluding carboxylic acids is 1. The average molecular weight is 378 g/mol. The summed E-state index contributed by atoms with van der Waals surface area (Å²) >= 11 is 0. The lowest BCUT2D eigenvalue weighted by Crippen LogP contribution is -2.56. The second-order valence-electron chi connectivity index (χ2n) is 8.09. The standard InChI is InChI=1S/C20H30N2O5/c1-20(2,3)27-19(24)21-15-13-16(26-14-7-5-4-6-8-14)18(23)17(15)22-9-11-25-12-10-22/h4-8,15-18,23H,9-13H2,1-3H3,(H,21,24)/t15-,16-,17+,18+/m1/s1. The molecule has 2 N–H and O–H groups in total. The molecule has 1 aliphatic carbocycles. The van der Waals surface area contributed by atoms with Gasteiger partial charge in [-0.2, -0.15) is 0 Å². The van der Waals surface area contributed by atoms with Gasteiger partial charge in [0, 0.05) is 19.5 Å². The van der Waals surface area contributed by atoms with Crippen molar-refractivity contribution in [3.05, 3.63) is 30.3 Å². The van der Waals surface area contributed by atoms with Crippen LogP contribution in [0, 0.1) is 0 Å². The van der Waals surface area contributed by atoms with E-state index in [2.05, 4.69) is 10.2 Å². The number of aliphatic hydroxyl groups is 1. The van der Waals surface area contributed by atoms with E-state index in [1.54, 1.807) is 0 Å². The van der Waals surface area contributed by atoms with Crippen molar-refractivity contribution in [1.29, 1.82) is 0 Å². The minimum atomic E-state index is -0.719. The largest absolute Gasteiger partial charge is 0.488 e. The van der Waals surface area contributed by atoms with Gasteiger partial charge in [-0.15, -0.1) is 0 Å². The fraction of sp³-hybridized carbons (Fsp3) is 0.650. The molecule has 4 atom stereocenters. The van der Waals surface area contributed by atoms with Crippen LogP contribution < -0.4 is 10.1 Å². The van der Waals surface area contributed by atoms with Crippen molar-refractivity contribution in [2.75, 3.05) is 26.3 Å². The van der Waals surface area contributed by atoms with Crippen LogP contribution in [-0.4, -0.2) is 72.3 Å². The Morgan fingerprint density at radius 3 is 2.52 bits per heavy atom. The number of nitrogens with zero attached hydrogens (tertiary/aromatic N) is 1. The minimum Gasteiger partial charge on any atom is -0.488 e. The number of benzene rings is 1. The number of alkyl carbamates (subject to hydrolysis) is 1. The lowest BCUT2D eigenvalue weighted by molar-refractivity contribution is -0.0359. The summed E-state index contributed by atoms with van der Waals surface area (Å²) in [6.45, 7) is 8.16. The van der Waals surface area contributed by atoms with E-state index in [1.807, 2.05) is 51.1 Å². The number of hydrogen-bond donors (Lipinski definition) is 2. The summed E-state index contributed by atoms with van der Waals surface area (Å²) in [4.78, 5) is 14.5. The van der Waals surface area contributed by atoms with E-state index in [0.717, 1.165) is 0 Å². The van der Waals surface area contributed by atoms with E-state index >= 15 is 0 Å². The Balaban J connectivity index is 1.72. The third kappa shape index (κ3) is 5.34. The molecule has 3 rings (SSSR count). The fourth-order valence-corrected chi connectivity index (χ4v) is 3.73. The monoisotopic (exact) mass is 378 g/mol. The van der Waals surface area contributed by atoms with Crippen LogP contribution in [-0.2, 0) is 9.47 Å². The molecular weight excluding hydrogens is 348 g/mol. The predicted octanol–water partition coefficient (Wildman–Crippen LogP) is 1.79. The quantitative estimate of drug-likeness (QED) is 0.832. The van der Waals surface area contributed by atoms with Crippen LogP contribution in [0.5, 0.6) is 5.75 Å². The Kier molecular flexibility index (Phi) is 6.24. The van der Waals surface area contributed by atoms with E-state index in [1.165, 1.54) is 0 Å². The van der Waals surface area contributed by atoms with Crippen molar-refractivity contribution in [3.8, 4) is 5.75 Å². The lowest BCUT2D eigenvalue weighted by Gasteiger charge is -2.37. The van der Waals surface area contributed by atoms with Gasteiger partial charge in [0.2, 0.25) is 0 Å². The van der Waals surface area contributed by atoms with E-state index in [0.29, 0.717) is 38.5 Å². The summed E-state index contributed by atoms with van der Waals surface area (Å²) < 4.78 is 16.9. The van der Waals surface area contributed by atoms with Gasteiger partial charge in [-0.05, 0) is 32.9 Å². The molecule has 1 aliphatic heterocycles. The summed E-state index contributed by atoms with van der Waals surface area (Å²) in [6, 6.07) is 8.94. The minimum absolute atomic E-state index is 0.241. The molecular formula is C20H30N2O5. The lowest BCUT2D eigenvalue weighted by atomic mass is 10.1.